The highest BCUT2D eigenvalue weighted by Crippen LogP contribution is 2.70. The highest BCUT2D eigenvalue weighted by atomic mass is 16.6. The van der Waals surface area contributed by atoms with Crippen molar-refractivity contribution in [2.45, 2.75) is 78.6 Å². The predicted octanol–water partition coefficient (Wildman–Crippen LogP) is 4.77. The van der Waals surface area contributed by atoms with Gasteiger partial charge in [-0.25, -0.2) is 0 Å². The average Bonchev–Trinajstić information content (AvgIpc) is 3.52. The fourth-order valence-corrected chi connectivity index (χ4v) is 8.74. The molecular formula is C29H36O7. The van der Waals surface area contributed by atoms with Gasteiger partial charge in [-0.1, -0.05) is 38.8 Å². The van der Waals surface area contributed by atoms with Crippen molar-refractivity contribution in [2.75, 3.05) is 7.11 Å². The molecule has 3 aliphatic carbocycles. The van der Waals surface area contributed by atoms with E-state index in [9.17, 15) is 14.4 Å². The summed E-state index contributed by atoms with van der Waals surface area (Å²) in [6.07, 6.45) is 6.64. The minimum atomic E-state index is -1.16. The normalized spacial score (nSPS) is 43.1. The smallest absolute Gasteiger partial charge is 0.315 e. The number of rotatable bonds is 4. The Balaban J connectivity index is 1.74. The molecule has 0 amide bonds. The second-order valence-electron chi connectivity index (χ2n) is 11.5. The van der Waals surface area contributed by atoms with E-state index in [4.69, 9.17) is 18.6 Å². The van der Waals surface area contributed by atoms with Crippen molar-refractivity contribution in [3.05, 3.63) is 47.5 Å². The minimum absolute atomic E-state index is 0.0522. The predicted molar refractivity (Wildman–Crippen MR) is 131 cm³/mol. The Bertz CT molecular complexity index is 1160. The number of esters is 2. The lowest BCUT2D eigenvalue weighted by atomic mass is 9.41. The van der Waals surface area contributed by atoms with Crippen LogP contribution in [-0.4, -0.2) is 43.1 Å². The number of furan rings is 1. The molecule has 9 unspecified atom stereocenters. The van der Waals surface area contributed by atoms with Gasteiger partial charge in [-0.15, -0.1) is 0 Å². The maximum atomic E-state index is 13.9. The van der Waals surface area contributed by atoms with Gasteiger partial charge in [0.05, 0.1) is 31.2 Å². The molecule has 7 heteroatoms. The fourth-order valence-electron chi connectivity index (χ4n) is 8.74. The molecule has 194 valence electrons. The largest absolute Gasteiger partial charge is 0.472 e. The van der Waals surface area contributed by atoms with E-state index >= 15 is 0 Å². The van der Waals surface area contributed by atoms with E-state index in [0.29, 0.717) is 6.42 Å². The molecule has 0 radical (unpaired) electrons. The lowest BCUT2D eigenvalue weighted by Crippen LogP contribution is -2.69. The monoisotopic (exact) mass is 496 g/mol. The molecule has 1 saturated carbocycles. The summed E-state index contributed by atoms with van der Waals surface area (Å²) in [5.41, 5.74) is 0.836. The van der Waals surface area contributed by atoms with Gasteiger partial charge in [-0.3, -0.25) is 14.4 Å². The molecular weight excluding hydrogens is 460 g/mol. The first kappa shape index (κ1) is 25.0. The van der Waals surface area contributed by atoms with Gasteiger partial charge in [-0.2, -0.15) is 0 Å². The summed E-state index contributed by atoms with van der Waals surface area (Å²) >= 11 is 0. The van der Waals surface area contributed by atoms with E-state index in [2.05, 4.69) is 20.8 Å². The molecule has 2 heterocycles. The summed E-state index contributed by atoms with van der Waals surface area (Å²) in [5, 5.41) is 0. The molecule has 4 aliphatic rings. The molecule has 36 heavy (non-hydrogen) atoms. The van der Waals surface area contributed by atoms with Gasteiger partial charge in [0.25, 0.3) is 0 Å². The van der Waals surface area contributed by atoms with E-state index in [1.165, 1.54) is 31.3 Å². The Hall–Kier alpha value is -2.67. The molecule has 5 rings (SSSR count). The third-order valence-corrected chi connectivity index (χ3v) is 9.96. The number of hydrogen-bond donors (Lipinski definition) is 0. The van der Waals surface area contributed by atoms with E-state index in [-0.39, 0.29) is 23.7 Å². The maximum Gasteiger partial charge on any atom is 0.315 e. The van der Waals surface area contributed by atoms with Gasteiger partial charge in [0, 0.05) is 29.6 Å². The SMILES string of the molecule is CCC1C2(C)C3=C(C)C(c4ccoc4)CC3OC2C(OC(C)=O)C2C(C)(C(=O)OC)C=CC(=O)C21C. The number of ether oxygens (including phenoxy) is 3. The van der Waals surface area contributed by atoms with Crippen LogP contribution >= 0.6 is 0 Å². The number of methoxy groups -OCH3 is 1. The molecule has 7 nitrogen and oxygen atoms in total. The second-order valence-corrected chi connectivity index (χ2v) is 11.5. The number of carbonyl (C=O) groups is 3. The number of hydrogen-bond acceptors (Lipinski definition) is 7. The third-order valence-electron chi connectivity index (χ3n) is 9.96. The van der Waals surface area contributed by atoms with Gasteiger partial charge in [0.15, 0.2) is 5.78 Å². The van der Waals surface area contributed by atoms with Crippen LogP contribution in [0.2, 0.25) is 0 Å². The van der Waals surface area contributed by atoms with Crippen LogP contribution in [0.3, 0.4) is 0 Å². The first-order chi connectivity index (χ1) is 17.0. The number of ketones is 1. The van der Waals surface area contributed by atoms with Crippen molar-refractivity contribution < 1.29 is 33.0 Å². The summed E-state index contributed by atoms with van der Waals surface area (Å²) in [7, 11) is 1.35. The zero-order valence-electron chi connectivity index (χ0n) is 22.1. The summed E-state index contributed by atoms with van der Waals surface area (Å²) in [6, 6.07) is 1.99. The topological polar surface area (TPSA) is 92.0 Å². The van der Waals surface area contributed by atoms with E-state index in [0.717, 1.165) is 12.0 Å². The van der Waals surface area contributed by atoms with Crippen LogP contribution in [0.4, 0.5) is 0 Å². The molecule has 9 atom stereocenters. The van der Waals surface area contributed by atoms with Crippen molar-refractivity contribution >= 4 is 17.7 Å². The summed E-state index contributed by atoms with van der Waals surface area (Å²) in [5.74, 6) is -1.58. The van der Waals surface area contributed by atoms with Gasteiger partial charge >= 0.3 is 11.9 Å². The van der Waals surface area contributed by atoms with Crippen LogP contribution in [-0.2, 0) is 28.6 Å². The summed E-state index contributed by atoms with van der Waals surface area (Å²) in [4.78, 5) is 39.6. The Labute approximate surface area is 212 Å². The van der Waals surface area contributed by atoms with Crippen LogP contribution in [0.1, 0.15) is 65.9 Å². The molecule has 1 saturated heterocycles. The Morgan fingerprint density at radius 3 is 2.50 bits per heavy atom. The quantitative estimate of drug-likeness (QED) is 0.438. The molecule has 0 bridgehead atoms. The number of allylic oxidation sites excluding steroid dienone is 2. The molecule has 0 spiro atoms. The Morgan fingerprint density at radius 1 is 1.19 bits per heavy atom. The van der Waals surface area contributed by atoms with Crippen molar-refractivity contribution in [3.8, 4) is 0 Å². The van der Waals surface area contributed by atoms with Crippen LogP contribution < -0.4 is 0 Å². The van der Waals surface area contributed by atoms with E-state index in [1.807, 2.05) is 13.0 Å². The van der Waals surface area contributed by atoms with Crippen molar-refractivity contribution in [2.24, 2.45) is 28.1 Å². The lowest BCUT2D eigenvalue weighted by Gasteiger charge is -2.62. The summed E-state index contributed by atoms with van der Waals surface area (Å²) < 4.78 is 23.5. The highest BCUT2D eigenvalue weighted by Gasteiger charge is 2.74. The molecule has 1 aromatic rings. The molecule has 0 N–H and O–H groups in total. The van der Waals surface area contributed by atoms with Gasteiger partial charge < -0.3 is 18.6 Å². The Kier molecular flexibility index (Phi) is 5.67. The average molecular weight is 497 g/mol. The summed E-state index contributed by atoms with van der Waals surface area (Å²) in [6.45, 7) is 11.5. The zero-order chi connectivity index (χ0) is 26.2. The highest BCUT2D eigenvalue weighted by molar-refractivity contribution is 5.99. The van der Waals surface area contributed by atoms with Crippen LogP contribution in [0.25, 0.3) is 0 Å². The standard InChI is InChI=1S/C29H36O7/c1-8-20-28(5)21(31)9-11-27(4,26(32)33-7)24(28)23(35-16(3)30)25-29(20,6)22-15(2)18(13-19(22)36-25)17-10-12-34-14-17/h9-12,14,18-20,23-25H,8,13H2,1-7H3. The lowest BCUT2D eigenvalue weighted by molar-refractivity contribution is -0.225. The first-order valence-corrected chi connectivity index (χ1v) is 12.8. The van der Waals surface area contributed by atoms with Crippen LogP contribution in [0, 0.1) is 28.1 Å². The van der Waals surface area contributed by atoms with E-state index < -0.39 is 46.3 Å². The van der Waals surface area contributed by atoms with Crippen molar-refractivity contribution in [1.29, 1.82) is 0 Å². The maximum absolute atomic E-state index is 13.9. The van der Waals surface area contributed by atoms with Crippen molar-refractivity contribution in [3.63, 3.8) is 0 Å². The molecule has 1 aliphatic heterocycles. The number of fused-ring (bicyclic) bond motifs is 4. The molecule has 1 aromatic heterocycles. The number of carbonyl (C=O) groups excluding carboxylic acids is 3. The van der Waals surface area contributed by atoms with Crippen molar-refractivity contribution in [1.82, 2.24) is 0 Å². The second kappa shape index (κ2) is 8.17. The zero-order valence-corrected chi connectivity index (χ0v) is 22.1. The van der Waals surface area contributed by atoms with Crippen LogP contribution in [0.5, 0.6) is 0 Å². The molecule has 0 aromatic carbocycles. The van der Waals surface area contributed by atoms with Crippen LogP contribution in [0.15, 0.2) is 46.3 Å². The van der Waals surface area contributed by atoms with Gasteiger partial charge in [-0.05, 0) is 49.5 Å². The minimum Gasteiger partial charge on any atom is -0.472 e. The third kappa shape index (κ3) is 2.98. The fraction of sp³-hybridized carbons (Fsp3) is 0.621. The first-order valence-electron chi connectivity index (χ1n) is 12.8. The Morgan fingerprint density at radius 2 is 1.92 bits per heavy atom. The van der Waals surface area contributed by atoms with Gasteiger partial charge in [0.1, 0.15) is 12.2 Å². The molecule has 2 fully saturated rings. The van der Waals surface area contributed by atoms with E-state index in [1.54, 1.807) is 25.5 Å². The van der Waals surface area contributed by atoms with Gasteiger partial charge in [0.2, 0.25) is 0 Å².